The van der Waals surface area contributed by atoms with Gasteiger partial charge in [0.25, 0.3) is 0 Å². The fraction of sp³-hybridized carbons (Fsp3) is 0.467. The first-order valence-electron chi connectivity index (χ1n) is 6.58. The van der Waals surface area contributed by atoms with Crippen LogP contribution in [-0.4, -0.2) is 30.1 Å². The third-order valence-electron chi connectivity index (χ3n) is 3.12. The van der Waals surface area contributed by atoms with Gasteiger partial charge >= 0.3 is 0 Å². The number of benzene rings is 1. The first-order valence-corrected chi connectivity index (χ1v) is 7.98. The van der Waals surface area contributed by atoms with Crippen LogP contribution in [0, 0.1) is 0 Å². The topological polar surface area (TPSA) is 18.5 Å². The molecule has 0 aliphatic rings. The Labute approximate surface area is 113 Å². The number of ether oxygens (including phenoxy) is 1. The largest absolute Gasteiger partial charge is 0.423 e. The van der Waals surface area contributed by atoms with Gasteiger partial charge in [-0.1, -0.05) is 50.3 Å². The highest BCUT2D eigenvalue weighted by Gasteiger charge is 2.07. The minimum Gasteiger partial charge on any atom is -0.423 e. The molecule has 0 fully saturated rings. The zero-order chi connectivity index (χ0) is 13.2. The minimum absolute atomic E-state index is 0.471. The molecule has 0 radical (unpaired) electrons. The summed E-state index contributed by atoms with van der Waals surface area (Å²) in [6.45, 7) is 7.69. The molecule has 1 aromatic carbocycles. The molecule has 0 aliphatic carbocycles. The summed E-state index contributed by atoms with van der Waals surface area (Å²) in [6.07, 6.45) is 4.04. The molecule has 0 bridgehead atoms. The molecule has 0 spiro atoms. The smallest absolute Gasteiger partial charge is 0.166 e. The Kier molecular flexibility index (Phi) is 7.65. The van der Waals surface area contributed by atoms with E-state index in [0.717, 1.165) is 26.1 Å². The van der Waals surface area contributed by atoms with E-state index in [-0.39, 0.29) is 0 Å². The summed E-state index contributed by atoms with van der Waals surface area (Å²) < 4.78 is 11.1. The zero-order valence-electron chi connectivity index (χ0n) is 11.5. The van der Waals surface area contributed by atoms with Crippen molar-refractivity contribution in [2.24, 2.45) is 0 Å². The maximum Gasteiger partial charge on any atom is 0.166 e. The minimum atomic E-state index is -0.471. The summed E-state index contributed by atoms with van der Waals surface area (Å²) in [6, 6.07) is 8.36. The van der Waals surface area contributed by atoms with Crippen LogP contribution in [0.15, 0.2) is 30.8 Å². The molecule has 0 amide bonds. The molecule has 18 heavy (non-hydrogen) atoms. The molecule has 0 saturated carbocycles. The van der Waals surface area contributed by atoms with E-state index in [1.165, 1.54) is 11.1 Å². The number of hydrogen-bond donors (Lipinski definition) is 0. The van der Waals surface area contributed by atoms with E-state index >= 15 is 0 Å². The summed E-state index contributed by atoms with van der Waals surface area (Å²) in [5.41, 5.74) is 3.18. The van der Waals surface area contributed by atoms with Crippen molar-refractivity contribution in [3.05, 3.63) is 42.0 Å². The molecule has 0 aliphatic heterocycles. The first-order chi connectivity index (χ1) is 8.81. The lowest BCUT2D eigenvalue weighted by atomic mass is 10.1. The van der Waals surface area contributed by atoms with Gasteiger partial charge in [-0.05, 0) is 23.1 Å². The van der Waals surface area contributed by atoms with Crippen molar-refractivity contribution in [3.8, 4) is 0 Å². The summed E-state index contributed by atoms with van der Waals surface area (Å²) in [5.74, 6) is 0. The van der Waals surface area contributed by atoms with Gasteiger partial charge in [-0.25, -0.2) is 0 Å². The fourth-order valence-corrected chi connectivity index (χ4v) is 3.12. The molecule has 0 aromatic heterocycles. The van der Waals surface area contributed by atoms with Gasteiger partial charge in [-0.15, -0.1) is 0 Å². The number of hydrogen-bond acceptors (Lipinski definition) is 2. The van der Waals surface area contributed by atoms with Crippen molar-refractivity contribution < 1.29 is 9.16 Å². The van der Waals surface area contributed by atoms with Crippen LogP contribution in [0.3, 0.4) is 0 Å². The van der Waals surface area contributed by atoms with Crippen LogP contribution in [0.4, 0.5) is 0 Å². The van der Waals surface area contributed by atoms with Crippen molar-refractivity contribution >= 4 is 15.8 Å². The molecule has 1 aromatic rings. The van der Waals surface area contributed by atoms with Crippen LogP contribution in [0.1, 0.15) is 24.5 Å². The van der Waals surface area contributed by atoms with Gasteiger partial charge in [-0.3, -0.25) is 0 Å². The average molecular weight is 264 g/mol. The maximum absolute atomic E-state index is 5.87. The normalized spacial score (nSPS) is 13.0. The number of methoxy groups -OCH3 is 1. The SMILES string of the molecule is C=Cc1ccccc1CCO[SiH2]C(CC)COC. The lowest BCUT2D eigenvalue weighted by molar-refractivity contribution is 0.187. The van der Waals surface area contributed by atoms with Gasteiger partial charge in [0.1, 0.15) is 0 Å². The molecule has 100 valence electrons. The van der Waals surface area contributed by atoms with Crippen molar-refractivity contribution in [3.63, 3.8) is 0 Å². The molecule has 0 N–H and O–H groups in total. The molecule has 2 nitrogen and oxygen atoms in total. The summed E-state index contributed by atoms with van der Waals surface area (Å²) in [5, 5.41) is 0. The molecule has 1 rings (SSSR count). The van der Waals surface area contributed by atoms with Gasteiger partial charge in [0.15, 0.2) is 9.76 Å². The standard InChI is InChI=1S/C15H24O2Si/c1-4-13-8-6-7-9-14(13)10-11-17-18-15(5-2)12-16-3/h4,6-9,15H,1,5,10-12,18H2,2-3H3. The predicted molar refractivity (Wildman–Crippen MR) is 80.7 cm³/mol. The Morgan fingerprint density at radius 2 is 2.17 bits per heavy atom. The fourth-order valence-electron chi connectivity index (χ4n) is 1.91. The van der Waals surface area contributed by atoms with Crippen LogP contribution >= 0.6 is 0 Å². The highest BCUT2D eigenvalue weighted by Crippen LogP contribution is 2.12. The monoisotopic (exact) mass is 264 g/mol. The second kappa shape index (κ2) is 9.08. The van der Waals surface area contributed by atoms with E-state index in [0.29, 0.717) is 5.54 Å². The second-order valence-corrected chi connectivity index (χ2v) is 6.35. The molecule has 3 heteroatoms. The van der Waals surface area contributed by atoms with E-state index in [1.807, 2.05) is 12.1 Å². The van der Waals surface area contributed by atoms with Gasteiger partial charge in [-0.2, -0.15) is 0 Å². The third-order valence-corrected chi connectivity index (χ3v) is 4.93. The summed E-state index contributed by atoms with van der Waals surface area (Å²) in [4.78, 5) is 0. The summed E-state index contributed by atoms with van der Waals surface area (Å²) in [7, 11) is 1.29. The number of rotatable bonds is 9. The molecule has 1 atom stereocenters. The predicted octanol–water partition coefficient (Wildman–Crippen LogP) is 2.82. The second-order valence-electron chi connectivity index (χ2n) is 4.46. The first kappa shape index (κ1) is 15.2. The van der Waals surface area contributed by atoms with Crippen LogP contribution in [0.25, 0.3) is 6.08 Å². The molecular formula is C15H24O2Si. The van der Waals surface area contributed by atoms with E-state index < -0.39 is 9.76 Å². The van der Waals surface area contributed by atoms with Crippen molar-refractivity contribution in [2.45, 2.75) is 25.3 Å². The Balaban J connectivity index is 2.31. The van der Waals surface area contributed by atoms with E-state index in [1.54, 1.807) is 7.11 Å². The molecular weight excluding hydrogens is 240 g/mol. The van der Waals surface area contributed by atoms with E-state index in [4.69, 9.17) is 9.16 Å². The van der Waals surface area contributed by atoms with Crippen LogP contribution in [0.2, 0.25) is 5.54 Å². The summed E-state index contributed by atoms with van der Waals surface area (Å²) >= 11 is 0. The van der Waals surface area contributed by atoms with Crippen molar-refractivity contribution in [2.75, 3.05) is 20.3 Å². The lowest BCUT2D eigenvalue weighted by Gasteiger charge is -2.13. The Bertz CT molecular complexity index is 352. The van der Waals surface area contributed by atoms with Crippen molar-refractivity contribution in [1.82, 2.24) is 0 Å². The maximum atomic E-state index is 5.87. The Morgan fingerprint density at radius 1 is 1.39 bits per heavy atom. The van der Waals surface area contributed by atoms with Gasteiger partial charge in [0.2, 0.25) is 0 Å². The zero-order valence-corrected chi connectivity index (χ0v) is 12.9. The Hall–Kier alpha value is -0.903. The third kappa shape index (κ3) is 5.17. The van der Waals surface area contributed by atoms with Gasteiger partial charge in [0, 0.05) is 20.3 Å². The molecule has 0 saturated heterocycles. The van der Waals surface area contributed by atoms with Crippen LogP contribution < -0.4 is 0 Å². The van der Waals surface area contributed by atoms with E-state index in [2.05, 4.69) is 31.7 Å². The Morgan fingerprint density at radius 3 is 2.83 bits per heavy atom. The molecule has 0 heterocycles. The molecule has 1 unspecified atom stereocenters. The lowest BCUT2D eigenvalue weighted by Crippen LogP contribution is -2.14. The van der Waals surface area contributed by atoms with E-state index in [9.17, 15) is 0 Å². The van der Waals surface area contributed by atoms with Gasteiger partial charge < -0.3 is 9.16 Å². The highest BCUT2D eigenvalue weighted by atomic mass is 28.2. The van der Waals surface area contributed by atoms with Crippen molar-refractivity contribution in [1.29, 1.82) is 0 Å². The van der Waals surface area contributed by atoms with Crippen LogP contribution in [-0.2, 0) is 15.6 Å². The quantitative estimate of drug-likeness (QED) is 0.504. The van der Waals surface area contributed by atoms with Crippen LogP contribution in [0.5, 0.6) is 0 Å². The highest BCUT2D eigenvalue weighted by molar-refractivity contribution is 6.29. The average Bonchev–Trinajstić information content (AvgIpc) is 2.42. The van der Waals surface area contributed by atoms with Gasteiger partial charge in [0.05, 0.1) is 0 Å².